The SMILES string of the molecule is CCC(NC(C)c1cc(C)sc1C)c1ccc(F)cc1. The van der Waals surface area contributed by atoms with Crippen molar-refractivity contribution < 1.29 is 4.39 Å². The van der Waals surface area contributed by atoms with Crippen LogP contribution in [0.2, 0.25) is 0 Å². The third-order valence-electron chi connectivity index (χ3n) is 3.68. The van der Waals surface area contributed by atoms with Gasteiger partial charge in [0.05, 0.1) is 0 Å². The first-order chi connectivity index (χ1) is 9.51. The van der Waals surface area contributed by atoms with Crippen LogP contribution in [0.4, 0.5) is 4.39 Å². The highest BCUT2D eigenvalue weighted by Gasteiger charge is 2.16. The quantitative estimate of drug-likeness (QED) is 0.787. The van der Waals surface area contributed by atoms with Crippen molar-refractivity contribution >= 4 is 11.3 Å². The first-order valence-electron chi connectivity index (χ1n) is 7.09. The van der Waals surface area contributed by atoms with Crippen LogP contribution >= 0.6 is 11.3 Å². The van der Waals surface area contributed by atoms with E-state index >= 15 is 0 Å². The lowest BCUT2D eigenvalue weighted by Gasteiger charge is -2.23. The summed E-state index contributed by atoms with van der Waals surface area (Å²) in [6, 6.07) is 9.62. The van der Waals surface area contributed by atoms with Crippen LogP contribution in [0.1, 0.15) is 53.2 Å². The summed E-state index contributed by atoms with van der Waals surface area (Å²) >= 11 is 1.84. The molecule has 3 heteroatoms. The average molecular weight is 291 g/mol. The molecular formula is C17H22FNS. The lowest BCUT2D eigenvalue weighted by molar-refractivity contribution is 0.455. The minimum atomic E-state index is -0.180. The molecule has 0 aliphatic heterocycles. The Morgan fingerprint density at radius 3 is 2.35 bits per heavy atom. The lowest BCUT2D eigenvalue weighted by Crippen LogP contribution is -2.24. The smallest absolute Gasteiger partial charge is 0.123 e. The van der Waals surface area contributed by atoms with Crippen molar-refractivity contribution in [2.75, 3.05) is 0 Å². The second-order valence-corrected chi connectivity index (χ2v) is 6.73. The number of benzene rings is 1. The normalized spacial score (nSPS) is 14.2. The summed E-state index contributed by atoms with van der Waals surface area (Å²) in [6.45, 7) is 8.66. The van der Waals surface area contributed by atoms with E-state index in [0.29, 0.717) is 6.04 Å². The molecule has 2 atom stereocenters. The summed E-state index contributed by atoms with van der Waals surface area (Å²) in [6.07, 6.45) is 0.984. The first-order valence-corrected chi connectivity index (χ1v) is 7.91. The van der Waals surface area contributed by atoms with Crippen LogP contribution in [-0.4, -0.2) is 0 Å². The van der Waals surface area contributed by atoms with Gasteiger partial charge in [-0.3, -0.25) is 0 Å². The molecule has 0 aliphatic rings. The molecule has 2 aromatic rings. The highest BCUT2D eigenvalue weighted by Crippen LogP contribution is 2.29. The predicted octanol–water partition coefficient (Wildman–Crippen LogP) is 5.31. The summed E-state index contributed by atoms with van der Waals surface area (Å²) in [5.41, 5.74) is 2.51. The number of halogens is 1. The number of nitrogens with one attached hydrogen (secondary N) is 1. The zero-order chi connectivity index (χ0) is 14.7. The van der Waals surface area contributed by atoms with E-state index in [1.165, 1.54) is 27.5 Å². The van der Waals surface area contributed by atoms with Crippen molar-refractivity contribution in [2.24, 2.45) is 0 Å². The van der Waals surface area contributed by atoms with Gasteiger partial charge in [-0.25, -0.2) is 4.39 Å². The monoisotopic (exact) mass is 291 g/mol. The number of thiophene rings is 1. The molecule has 20 heavy (non-hydrogen) atoms. The summed E-state index contributed by atoms with van der Waals surface area (Å²) in [5.74, 6) is -0.180. The largest absolute Gasteiger partial charge is 0.303 e. The minimum absolute atomic E-state index is 0.180. The van der Waals surface area contributed by atoms with Gasteiger partial charge in [-0.15, -0.1) is 11.3 Å². The van der Waals surface area contributed by atoms with Crippen LogP contribution in [0.5, 0.6) is 0 Å². The number of rotatable bonds is 5. The molecule has 0 fully saturated rings. The third kappa shape index (κ3) is 3.47. The van der Waals surface area contributed by atoms with E-state index in [0.717, 1.165) is 12.0 Å². The molecule has 0 aliphatic carbocycles. The van der Waals surface area contributed by atoms with Crippen LogP contribution in [0.3, 0.4) is 0 Å². The molecule has 0 bridgehead atoms. The maximum absolute atomic E-state index is 13.0. The van der Waals surface area contributed by atoms with Crippen molar-refractivity contribution in [2.45, 2.75) is 46.2 Å². The van der Waals surface area contributed by atoms with E-state index in [2.05, 4.69) is 39.1 Å². The second-order valence-electron chi connectivity index (χ2n) is 5.27. The van der Waals surface area contributed by atoms with Crippen LogP contribution in [0, 0.1) is 19.7 Å². The molecule has 1 heterocycles. The molecule has 0 saturated heterocycles. The zero-order valence-electron chi connectivity index (χ0n) is 12.5. The number of hydrogen-bond acceptors (Lipinski definition) is 2. The molecule has 2 unspecified atom stereocenters. The van der Waals surface area contributed by atoms with Gasteiger partial charge in [-0.05, 0) is 56.5 Å². The van der Waals surface area contributed by atoms with Gasteiger partial charge in [0.1, 0.15) is 5.82 Å². The molecule has 0 amide bonds. The fraction of sp³-hybridized carbons (Fsp3) is 0.412. The Bertz CT molecular complexity index is 559. The van der Waals surface area contributed by atoms with E-state index in [4.69, 9.17) is 0 Å². The van der Waals surface area contributed by atoms with Crippen molar-refractivity contribution in [1.82, 2.24) is 5.32 Å². The Labute approximate surface area is 124 Å². The first kappa shape index (κ1) is 15.2. The average Bonchev–Trinajstić information content (AvgIpc) is 2.76. The Morgan fingerprint density at radius 2 is 1.85 bits per heavy atom. The van der Waals surface area contributed by atoms with Gasteiger partial charge in [0, 0.05) is 21.8 Å². The van der Waals surface area contributed by atoms with E-state index in [1.807, 2.05) is 23.5 Å². The fourth-order valence-electron chi connectivity index (χ4n) is 2.62. The van der Waals surface area contributed by atoms with Gasteiger partial charge in [-0.1, -0.05) is 19.1 Å². The predicted molar refractivity (Wildman–Crippen MR) is 84.8 cm³/mol. The number of aryl methyl sites for hydroxylation is 2. The molecule has 1 aromatic carbocycles. The van der Waals surface area contributed by atoms with Gasteiger partial charge in [0.25, 0.3) is 0 Å². The van der Waals surface area contributed by atoms with Crippen LogP contribution in [0.25, 0.3) is 0 Å². The van der Waals surface area contributed by atoms with Crippen LogP contribution < -0.4 is 5.32 Å². The van der Waals surface area contributed by atoms with Gasteiger partial charge in [0.2, 0.25) is 0 Å². The molecule has 1 N–H and O–H groups in total. The van der Waals surface area contributed by atoms with Gasteiger partial charge in [0.15, 0.2) is 0 Å². The summed E-state index contributed by atoms with van der Waals surface area (Å²) < 4.78 is 13.0. The Morgan fingerprint density at radius 1 is 1.20 bits per heavy atom. The molecule has 1 aromatic heterocycles. The molecule has 1 nitrogen and oxygen atoms in total. The number of hydrogen-bond donors (Lipinski definition) is 1. The second kappa shape index (κ2) is 6.51. The Balaban J connectivity index is 2.13. The van der Waals surface area contributed by atoms with Gasteiger partial charge >= 0.3 is 0 Å². The molecule has 108 valence electrons. The maximum Gasteiger partial charge on any atom is 0.123 e. The Hall–Kier alpha value is -1.19. The fourth-order valence-corrected chi connectivity index (χ4v) is 3.64. The van der Waals surface area contributed by atoms with Crippen LogP contribution in [0.15, 0.2) is 30.3 Å². The summed E-state index contributed by atoms with van der Waals surface area (Å²) in [4.78, 5) is 2.72. The van der Waals surface area contributed by atoms with E-state index in [-0.39, 0.29) is 11.9 Å². The molecule has 0 radical (unpaired) electrons. The molecule has 0 spiro atoms. The van der Waals surface area contributed by atoms with E-state index in [1.54, 1.807) is 0 Å². The standard InChI is InChI=1S/C17H22FNS/c1-5-17(14-6-8-15(18)9-7-14)19-12(3)16-10-11(2)20-13(16)4/h6-10,12,17,19H,5H2,1-4H3. The van der Waals surface area contributed by atoms with E-state index in [9.17, 15) is 4.39 Å². The highest BCUT2D eigenvalue weighted by atomic mass is 32.1. The zero-order valence-corrected chi connectivity index (χ0v) is 13.4. The molecule has 0 saturated carbocycles. The van der Waals surface area contributed by atoms with Crippen molar-refractivity contribution in [3.63, 3.8) is 0 Å². The highest BCUT2D eigenvalue weighted by molar-refractivity contribution is 7.12. The lowest BCUT2D eigenvalue weighted by atomic mass is 10.0. The van der Waals surface area contributed by atoms with Gasteiger partial charge in [-0.2, -0.15) is 0 Å². The van der Waals surface area contributed by atoms with E-state index < -0.39 is 0 Å². The third-order valence-corrected chi connectivity index (χ3v) is 4.66. The van der Waals surface area contributed by atoms with Crippen molar-refractivity contribution in [3.05, 3.63) is 57.0 Å². The van der Waals surface area contributed by atoms with Crippen molar-refractivity contribution in [3.8, 4) is 0 Å². The maximum atomic E-state index is 13.0. The topological polar surface area (TPSA) is 12.0 Å². The van der Waals surface area contributed by atoms with Gasteiger partial charge < -0.3 is 5.32 Å². The Kier molecular flexibility index (Phi) is 4.95. The minimum Gasteiger partial charge on any atom is -0.303 e. The summed E-state index contributed by atoms with van der Waals surface area (Å²) in [5, 5.41) is 3.66. The molecular weight excluding hydrogens is 269 g/mol. The van der Waals surface area contributed by atoms with Crippen molar-refractivity contribution in [1.29, 1.82) is 0 Å². The van der Waals surface area contributed by atoms with Crippen LogP contribution in [-0.2, 0) is 0 Å². The molecule has 2 rings (SSSR count). The summed E-state index contributed by atoms with van der Waals surface area (Å²) in [7, 11) is 0.